The highest BCUT2D eigenvalue weighted by atomic mass is 16.5. The number of nitrogens with zero attached hydrogens (tertiary/aromatic N) is 1. The lowest BCUT2D eigenvalue weighted by molar-refractivity contribution is -0.121. The van der Waals surface area contributed by atoms with Gasteiger partial charge in [-0.05, 0) is 49.7 Å². The van der Waals surface area contributed by atoms with Crippen molar-refractivity contribution >= 4 is 11.6 Å². The van der Waals surface area contributed by atoms with E-state index >= 15 is 0 Å². The van der Waals surface area contributed by atoms with Crippen LogP contribution in [-0.4, -0.2) is 24.5 Å². The molecule has 0 aliphatic rings. The molecule has 4 heteroatoms. The van der Waals surface area contributed by atoms with Crippen molar-refractivity contribution in [2.24, 2.45) is 0 Å². The van der Waals surface area contributed by atoms with Crippen molar-refractivity contribution in [2.45, 2.75) is 26.4 Å². The summed E-state index contributed by atoms with van der Waals surface area (Å²) in [5, 5.41) is 3.07. The van der Waals surface area contributed by atoms with E-state index in [1.165, 1.54) is 11.1 Å². The van der Waals surface area contributed by atoms with E-state index in [1.54, 1.807) is 0 Å². The maximum Gasteiger partial charge on any atom is 0.246 e. The van der Waals surface area contributed by atoms with Gasteiger partial charge in [-0.15, -0.1) is 0 Å². The fourth-order valence-electron chi connectivity index (χ4n) is 3.44. The SMILES string of the molecule is CCOc1ccccc1NC(=O)[C@H](c1ccccc1)N(C)Cc1ccccc1C. The molecule has 1 amide bonds. The predicted molar refractivity (Wildman–Crippen MR) is 118 cm³/mol. The standard InChI is InChI=1S/C25H28N2O2/c1-4-29-23-17-11-10-16-22(23)26-25(28)24(20-13-6-5-7-14-20)27(3)18-21-15-9-8-12-19(21)2/h5-17,24H,4,18H2,1-3H3,(H,26,28)/t24-/m0/s1. The zero-order valence-corrected chi connectivity index (χ0v) is 17.3. The van der Waals surface area contributed by atoms with Crippen LogP contribution < -0.4 is 10.1 Å². The molecular formula is C25H28N2O2. The molecule has 3 rings (SSSR count). The van der Waals surface area contributed by atoms with Gasteiger partial charge in [0.05, 0.1) is 12.3 Å². The van der Waals surface area contributed by atoms with Crippen LogP contribution in [-0.2, 0) is 11.3 Å². The van der Waals surface area contributed by atoms with Gasteiger partial charge in [-0.1, -0.05) is 66.7 Å². The Morgan fingerprint density at radius 1 is 0.966 bits per heavy atom. The molecule has 0 aliphatic carbocycles. The van der Waals surface area contributed by atoms with Crippen molar-refractivity contribution in [3.05, 3.63) is 95.6 Å². The van der Waals surface area contributed by atoms with Crippen molar-refractivity contribution in [3.8, 4) is 5.75 Å². The van der Waals surface area contributed by atoms with Crippen LogP contribution in [0, 0.1) is 6.92 Å². The number of hydrogen-bond donors (Lipinski definition) is 1. The van der Waals surface area contributed by atoms with Crippen molar-refractivity contribution in [2.75, 3.05) is 19.0 Å². The first kappa shape index (κ1) is 20.6. The Hall–Kier alpha value is -3.11. The lowest BCUT2D eigenvalue weighted by Crippen LogP contribution is -2.34. The summed E-state index contributed by atoms with van der Waals surface area (Å²) in [6.07, 6.45) is 0. The summed E-state index contributed by atoms with van der Waals surface area (Å²) in [6, 6.07) is 25.3. The first-order valence-corrected chi connectivity index (χ1v) is 9.92. The Morgan fingerprint density at radius 3 is 2.34 bits per heavy atom. The predicted octanol–water partition coefficient (Wildman–Crippen LogP) is 5.21. The number of nitrogens with one attached hydrogen (secondary N) is 1. The maximum absolute atomic E-state index is 13.4. The molecule has 0 fully saturated rings. The number of carbonyl (C=O) groups is 1. The second kappa shape index (κ2) is 9.89. The van der Waals surface area contributed by atoms with Gasteiger partial charge in [-0.3, -0.25) is 9.69 Å². The highest BCUT2D eigenvalue weighted by Crippen LogP contribution is 2.28. The number of aryl methyl sites for hydroxylation is 1. The van der Waals surface area contributed by atoms with E-state index in [0.29, 0.717) is 24.6 Å². The Labute approximate surface area is 173 Å². The second-order valence-electron chi connectivity index (χ2n) is 7.07. The topological polar surface area (TPSA) is 41.6 Å². The highest BCUT2D eigenvalue weighted by Gasteiger charge is 2.26. The number of amides is 1. The maximum atomic E-state index is 13.4. The van der Waals surface area contributed by atoms with Gasteiger partial charge >= 0.3 is 0 Å². The van der Waals surface area contributed by atoms with Gasteiger partial charge in [-0.25, -0.2) is 0 Å². The van der Waals surface area contributed by atoms with E-state index < -0.39 is 6.04 Å². The Morgan fingerprint density at radius 2 is 1.62 bits per heavy atom. The van der Waals surface area contributed by atoms with E-state index in [-0.39, 0.29) is 5.91 Å². The molecule has 0 radical (unpaired) electrons. The van der Waals surface area contributed by atoms with Crippen LogP contribution in [0.2, 0.25) is 0 Å². The van der Waals surface area contributed by atoms with Crippen LogP contribution in [0.15, 0.2) is 78.9 Å². The van der Waals surface area contributed by atoms with E-state index in [2.05, 4.69) is 29.3 Å². The number of carbonyl (C=O) groups excluding carboxylic acids is 1. The van der Waals surface area contributed by atoms with Gasteiger partial charge in [-0.2, -0.15) is 0 Å². The third-order valence-corrected chi connectivity index (χ3v) is 4.93. The Balaban J connectivity index is 1.88. The number of ether oxygens (including phenoxy) is 1. The summed E-state index contributed by atoms with van der Waals surface area (Å²) < 4.78 is 5.67. The summed E-state index contributed by atoms with van der Waals surface area (Å²) in [5.74, 6) is 0.594. The zero-order valence-electron chi connectivity index (χ0n) is 17.3. The summed E-state index contributed by atoms with van der Waals surface area (Å²) >= 11 is 0. The van der Waals surface area contributed by atoms with Gasteiger partial charge in [0.15, 0.2) is 0 Å². The third-order valence-electron chi connectivity index (χ3n) is 4.93. The molecule has 4 nitrogen and oxygen atoms in total. The largest absolute Gasteiger partial charge is 0.492 e. The summed E-state index contributed by atoms with van der Waals surface area (Å²) in [4.78, 5) is 15.5. The van der Waals surface area contributed by atoms with Crippen molar-refractivity contribution in [1.82, 2.24) is 4.90 Å². The third kappa shape index (κ3) is 5.24. The smallest absolute Gasteiger partial charge is 0.246 e. The quantitative estimate of drug-likeness (QED) is 0.576. The summed E-state index contributed by atoms with van der Waals surface area (Å²) in [6.45, 7) is 5.25. The number of rotatable bonds is 8. The van der Waals surface area contributed by atoms with E-state index in [9.17, 15) is 4.79 Å². The molecule has 0 aliphatic heterocycles. The average Bonchev–Trinajstić information content (AvgIpc) is 2.72. The van der Waals surface area contributed by atoms with Crippen molar-refractivity contribution in [1.29, 1.82) is 0 Å². The molecule has 0 unspecified atom stereocenters. The second-order valence-corrected chi connectivity index (χ2v) is 7.07. The molecule has 3 aromatic rings. The molecule has 29 heavy (non-hydrogen) atoms. The van der Waals surface area contributed by atoms with Crippen LogP contribution in [0.4, 0.5) is 5.69 Å². The monoisotopic (exact) mass is 388 g/mol. The minimum Gasteiger partial charge on any atom is -0.492 e. The van der Waals surface area contributed by atoms with Crippen LogP contribution in [0.5, 0.6) is 5.75 Å². The molecule has 0 saturated heterocycles. The Bertz CT molecular complexity index is 940. The molecule has 0 aromatic heterocycles. The van der Waals surface area contributed by atoms with E-state index in [0.717, 1.165) is 5.56 Å². The van der Waals surface area contributed by atoms with Gasteiger partial charge < -0.3 is 10.1 Å². The lowest BCUT2D eigenvalue weighted by atomic mass is 10.0. The molecule has 0 spiro atoms. The van der Waals surface area contributed by atoms with Gasteiger partial charge in [0.25, 0.3) is 0 Å². The molecule has 0 bridgehead atoms. The highest BCUT2D eigenvalue weighted by molar-refractivity contribution is 5.96. The molecule has 3 aromatic carbocycles. The van der Waals surface area contributed by atoms with Crippen LogP contribution in [0.1, 0.15) is 29.7 Å². The Kier molecular flexibility index (Phi) is 7.04. The van der Waals surface area contributed by atoms with Crippen molar-refractivity contribution in [3.63, 3.8) is 0 Å². The summed E-state index contributed by atoms with van der Waals surface area (Å²) in [7, 11) is 1.98. The van der Waals surface area contributed by atoms with Crippen LogP contribution in [0.25, 0.3) is 0 Å². The van der Waals surface area contributed by atoms with Crippen LogP contribution in [0.3, 0.4) is 0 Å². The lowest BCUT2D eigenvalue weighted by Gasteiger charge is -2.28. The van der Waals surface area contributed by atoms with Gasteiger partial charge in [0, 0.05) is 6.54 Å². The molecule has 0 saturated carbocycles. The molecule has 0 heterocycles. The first-order valence-electron chi connectivity index (χ1n) is 9.92. The van der Waals surface area contributed by atoms with Crippen LogP contribution >= 0.6 is 0 Å². The average molecular weight is 389 g/mol. The van der Waals surface area contributed by atoms with E-state index in [1.807, 2.05) is 80.7 Å². The fraction of sp³-hybridized carbons (Fsp3) is 0.240. The van der Waals surface area contributed by atoms with E-state index in [4.69, 9.17) is 4.74 Å². The van der Waals surface area contributed by atoms with Gasteiger partial charge in [0.1, 0.15) is 11.8 Å². The number of hydrogen-bond acceptors (Lipinski definition) is 3. The number of para-hydroxylation sites is 2. The molecular weight excluding hydrogens is 360 g/mol. The fourth-order valence-corrected chi connectivity index (χ4v) is 3.44. The number of benzene rings is 3. The summed E-state index contributed by atoms with van der Waals surface area (Å²) in [5.41, 5.74) is 4.06. The number of likely N-dealkylation sites (N-methyl/N-ethyl adjacent to an activating group) is 1. The van der Waals surface area contributed by atoms with Crippen molar-refractivity contribution < 1.29 is 9.53 Å². The molecule has 1 atom stereocenters. The molecule has 1 N–H and O–H groups in total. The first-order chi connectivity index (χ1) is 14.1. The van der Waals surface area contributed by atoms with Gasteiger partial charge in [0.2, 0.25) is 5.91 Å². The minimum atomic E-state index is -0.425. The zero-order chi connectivity index (χ0) is 20.6. The normalized spacial score (nSPS) is 11.9. The minimum absolute atomic E-state index is 0.0839. The number of anilines is 1. The molecule has 150 valence electrons.